The van der Waals surface area contributed by atoms with E-state index in [-0.39, 0.29) is 5.91 Å². The van der Waals surface area contributed by atoms with Crippen molar-refractivity contribution < 1.29 is 4.79 Å². The average molecular weight is 342 g/mol. The lowest BCUT2D eigenvalue weighted by molar-refractivity contribution is -0.122. The van der Waals surface area contributed by atoms with Crippen molar-refractivity contribution in [2.24, 2.45) is 5.92 Å². The molecule has 1 saturated heterocycles. The molecule has 1 aromatic heterocycles. The highest BCUT2D eigenvalue weighted by molar-refractivity contribution is 5.76. The SMILES string of the molecule is Cc1nc2c(c(N3CCC(CC(=O)NC4CCCC4)CC3)n1)CCC2. The lowest BCUT2D eigenvalue weighted by atomic mass is 9.92. The Bertz CT molecular complexity index is 631. The third-order valence-corrected chi connectivity index (χ3v) is 6.13. The Hall–Kier alpha value is -1.65. The van der Waals surface area contributed by atoms with Gasteiger partial charge in [0.2, 0.25) is 5.91 Å². The molecule has 1 amide bonds. The molecule has 0 atom stereocenters. The number of carbonyl (C=O) groups excluding carboxylic acids is 1. The minimum atomic E-state index is 0.268. The maximum atomic E-state index is 12.3. The van der Waals surface area contributed by atoms with E-state index in [1.54, 1.807) is 0 Å². The molecule has 1 aromatic rings. The summed E-state index contributed by atoms with van der Waals surface area (Å²) in [6, 6.07) is 0.444. The zero-order valence-electron chi connectivity index (χ0n) is 15.4. The first-order chi connectivity index (χ1) is 12.2. The Morgan fingerprint density at radius 3 is 2.60 bits per heavy atom. The van der Waals surface area contributed by atoms with E-state index in [2.05, 4.69) is 15.2 Å². The molecule has 2 fully saturated rings. The molecule has 2 heterocycles. The van der Waals surface area contributed by atoms with Crippen molar-refractivity contribution in [2.75, 3.05) is 18.0 Å². The molecule has 0 bridgehead atoms. The van der Waals surface area contributed by atoms with Gasteiger partial charge in [0.15, 0.2) is 0 Å². The van der Waals surface area contributed by atoms with Crippen molar-refractivity contribution in [1.29, 1.82) is 0 Å². The number of aryl methyl sites for hydroxylation is 2. The Labute approximate surface area is 150 Å². The number of hydrogen-bond donors (Lipinski definition) is 1. The topological polar surface area (TPSA) is 58.1 Å². The summed E-state index contributed by atoms with van der Waals surface area (Å²) in [6.07, 6.45) is 11.2. The molecule has 0 aromatic carbocycles. The smallest absolute Gasteiger partial charge is 0.220 e. The number of fused-ring (bicyclic) bond motifs is 1. The van der Waals surface area contributed by atoms with Crippen LogP contribution >= 0.6 is 0 Å². The van der Waals surface area contributed by atoms with Gasteiger partial charge < -0.3 is 10.2 Å². The first kappa shape index (κ1) is 16.8. The van der Waals surface area contributed by atoms with E-state index >= 15 is 0 Å². The van der Waals surface area contributed by atoms with Gasteiger partial charge in [-0.2, -0.15) is 0 Å². The summed E-state index contributed by atoms with van der Waals surface area (Å²) in [7, 11) is 0. The third kappa shape index (κ3) is 3.80. The summed E-state index contributed by atoms with van der Waals surface area (Å²) < 4.78 is 0. The van der Waals surface area contributed by atoms with Gasteiger partial charge in [-0.15, -0.1) is 0 Å². The molecule has 0 unspecified atom stereocenters. The molecular weight excluding hydrogens is 312 g/mol. The van der Waals surface area contributed by atoms with Gasteiger partial charge in [0.25, 0.3) is 0 Å². The summed E-state index contributed by atoms with van der Waals surface area (Å²) in [4.78, 5) is 24.1. The Morgan fingerprint density at radius 2 is 1.84 bits per heavy atom. The molecule has 0 radical (unpaired) electrons. The highest BCUT2D eigenvalue weighted by Crippen LogP contribution is 2.32. The van der Waals surface area contributed by atoms with Crippen molar-refractivity contribution in [3.63, 3.8) is 0 Å². The molecule has 3 aliphatic rings. The number of carbonyl (C=O) groups is 1. The summed E-state index contributed by atoms with van der Waals surface area (Å²) >= 11 is 0. The summed E-state index contributed by atoms with van der Waals surface area (Å²) in [5, 5.41) is 3.24. The van der Waals surface area contributed by atoms with Crippen LogP contribution in [0, 0.1) is 12.8 Å². The highest BCUT2D eigenvalue weighted by Gasteiger charge is 2.27. The molecule has 25 heavy (non-hydrogen) atoms. The van der Waals surface area contributed by atoms with Crippen molar-refractivity contribution in [3.05, 3.63) is 17.1 Å². The molecule has 1 saturated carbocycles. The maximum Gasteiger partial charge on any atom is 0.220 e. The van der Waals surface area contributed by atoms with Crippen LogP contribution in [-0.4, -0.2) is 35.0 Å². The second-order valence-electron chi connectivity index (χ2n) is 8.06. The van der Waals surface area contributed by atoms with E-state index in [0.717, 1.165) is 44.6 Å². The second-order valence-corrected chi connectivity index (χ2v) is 8.06. The van der Waals surface area contributed by atoms with Crippen LogP contribution in [-0.2, 0) is 17.6 Å². The predicted octanol–water partition coefficient (Wildman–Crippen LogP) is 2.94. The molecule has 4 rings (SSSR count). The fourth-order valence-electron chi connectivity index (χ4n) is 4.76. The molecule has 5 heteroatoms. The quantitative estimate of drug-likeness (QED) is 0.914. The molecule has 0 spiro atoms. The van der Waals surface area contributed by atoms with E-state index < -0.39 is 0 Å². The van der Waals surface area contributed by atoms with Crippen LogP contribution in [0.1, 0.15) is 68.4 Å². The van der Waals surface area contributed by atoms with E-state index in [1.165, 1.54) is 49.2 Å². The first-order valence-electron chi connectivity index (χ1n) is 10.1. The number of aromatic nitrogens is 2. The van der Waals surface area contributed by atoms with Crippen LogP contribution in [0.4, 0.5) is 5.82 Å². The lowest BCUT2D eigenvalue weighted by Crippen LogP contribution is -2.38. The Kier molecular flexibility index (Phi) is 4.91. The van der Waals surface area contributed by atoms with Gasteiger partial charge in [-0.3, -0.25) is 4.79 Å². The van der Waals surface area contributed by atoms with E-state index in [9.17, 15) is 4.79 Å². The highest BCUT2D eigenvalue weighted by atomic mass is 16.1. The van der Waals surface area contributed by atoms with Crippen molar-refractivity contribution >= 4 is 11.7 Å². The van der Waals surface area contributed by atoms with Gasteiger partial charge in [0.05, 0.1) is 0 Å². The van der Waals surface area contributed by atoms with Crippen molar-refractivity contribution in [2.45, 2.75) is 77.2 Å². The van der Waals surface area contributed by atoms with Crippen LogP contribution in [0.15, 0.2) is 0 Å². The predicted molar refractivity (Wildman–Crippen MR) is 98.7 cm³/mol. The van der Waals surface area contributed by atoms with E-state index in [0.29, 0.717) is 18.4 Å². The van der Waals surface area contributed by atoms with Gasteiger partial charge in [0.1, 0.15) is 11.6 Å². The first-order valence-corrected chi connectivity index (χ1v) is 10.1. The molecule has 1 aliphatic heterocycles. The minimum Gasteiger partial charge on any atom is -0.356 e. The molecule has 136 valence electrons. The maximum absolute atomic E-state index is 12.3. The normalized spacial score (nSPS) is 21.6. The van der Waals surface area contributed by atoms with Gasteiger partial charge in [-0.25, -0.2) is 9.97 Å². The number of hydrogen-bond acceptors (Lipinski definition) is 4. The number of amides is 1. The number of anilines is 1. The largest absolute Gasteiger partial charge is 0.356 e. The fraction of sp³-hybridized carbons (Fsp3) is 0.750. The van der Waals surface area contributed by atoms with Crippen molar-refractivity contribution in [3.8, 4) is 0 Å². The van der Waals surface area contributed by atoms with Crippen LogP contribution in [0.3, 0.4) is 0 Å². The summed E-state index contributed by atoms with van der Waals surface area (Å²) in [6.45, 7) is 4.04. The molecule has 5 nitrogen and oxygen atoms in total. The number of piperidine rings is 1. The molecule has 1 N–H and O–H groups in total. The van der Waals surface area contributed by atoms with E-state index in [1.807, 2.05) is 6.92 Å². The van der Waals surface area contributed by atoms with Gasteiger partial charge in [-0.1, -0.05) is 12.8 Å². The number of nitrogens with one attached hydrogen (secondary N) is 1. The average Bonchev–Trinajstić information content (AvgIpc) is 3.26. The third-order valence-electron chi connectivity index (χ3n) is 6.13. The lowest BCUT2D eigenvalue weighted by Gasteiger charge is -2.34. The van der Waals surface area contributed by atoms with Crippen molar-refractivity contribution in [1.82, 2.24) is 15.3 Å². The van der Waals surface area contributed by atoms with Crippen LogP contribution in [0.5, 0.6) is 0 Å². The molecular formula is C20H30N4O. The zero-order chi connectivity index (χ0) is 17.2. The van der Waals surface area contributed by atoms with Gasteiger partial charge in [0, 0.05) is 36.8 Å². The van der Waals surface area contributed by atoms with Crippen LogP contribution in [0.2, 0.25) is 0 Å². The number of rotatable bonds is 4. The van der Waals surface area contributed by atoms with Gasteiger partial charge in [-0.05, 0) is 57.8 Å². The monoisotopic (exact) mass is 342 g/mol. The van der Waals surface area contributed by atoms with Crippen LogP contribution in [0.25, 0.3) is 0 Å². The second kappa shape index (κ2) is 7.30. The zero-order valence-corrected chi connectivity index (χ0v) is 15.4. The molecule has 2 aliphatic carbocycles. The van der Waals surface area contributed by atoms with Gasteiger partial charge >= 0.3 is 0 Å². The summed E-state index contributed by atoms with van der Waals surface area (Å²) in [5.74, 6) is 2.86. The number of nitrogens with zero attached hydrogens (tertiary/aromatic N) is 3. The van der Waals surface area contributed by atoms with Crippen LogP contribution < -0.4 is 10.2 Å². The standard InChI is InChI=1S/C20H30N4O/c1-14-21-18-8-4-7-17(18)20(22-14)24-11-9-15(10-12-24)13-19(25)23-16-5-2-3-6-16/h15-16H,2-13H2,1H3,(H,23,25). The summed E-state index contributed by atoms with van der Waals surface area (Å²) in [5.41, 5.74) is 2.64. The fourth-order valence-corrected chi connectivity index (χ4v) is 4.76. The Morgan fingerprint density at radius 1 is 1.08 bits per heavy atom. The minimum absolute atomic E-state index is 0.268. The Balaban J connectivity index is 1.32. The van der Waals surface area contributed by atoms with E-state index in [4.69, 9.17) is 4.98 Å².